The number of carboxylic acid groups (broad SMARTS) is 1. The van der Waals surface area contributed by atoms with Crippen LogP contribution in [-0.2, 0) is 9.59 Å². The predicted molar refractivity (Wildman–Crippen MR) is 132 cm³/mol. The highest BCUT2D eigenvalue weighted by Crippen LogP contribution is 2.03. The summed E-state index contributed by atoms with van der Waals surface area (Å²) in [6, 6.07) is -0.822. The number of carbonyl (C=O) groups is 2. The van der Waals surface area contributed by atoms with Crippen LogP contribution in [0.1, 0.15) is 72.1 Å². The van der Waals surface area contributed by atoms with Crippen molar-refractivity contribution in [1.29, 1.82) is 0 Å². The van der Waals surface area contributed by atoms with Gasteiger partial charge in [-0.25, -0.2) is 4.79 Å². The second-order valence-electron chi connectivity index (χ2n) is 7.58. The fraction of sp³-hybridized carbons (Fsp3) is 0.481. The number of carbonyl (C=O) groups excluding carboxylic acids is 1. The third-order valence-corrected chi connectivity index (χ3v) is 4.38. The van der Waals surface area contributed by atoms with Crippen LogP contribution in [-0.4, -0.2) is 23.0 Å². The van der Waals surface area contributed by atoms with E-state index in [1.165, 1.54) is 0 Å². The van der Waals surface area contributed by atoms with Gasteiger partial charge in [-0.1, -0.05) is 93.7 Å². The van der Waals surface area contributed by atoms with Gasteiger partial charge < -0.3 is 10.4 Å². The highest BCUT2D eigenvalue weighted by molar-refractivity contribution is 5.83. The largest absolute Gasteiger partial charge is 0.480 e. The quantitative estimate of drug-likeness (QED) is 0.254. The van der Waals surface area contributed by atoms with E-state index in [0.29, 0.717) is 12.8 Å². The van der Waals surface area contributed by atoms with E-state index >= 15 is 0 Å². The summed E-state index contributed by atoms with van der Waals surface area (Å²) < 4.78 is 0. The lowest BCUT2D eigenvalue weighted by molar-refractivity contribution is -0.143. The SMILES string of the molecule is CCC=CCC=CCC=CCC=CCC=CCC=CCCC(=O)NC(C(=O)O)C(C)C. The Morgan fingerprint density at radius 1 is 0.710 bits per heavy atom. The molecule has 0 rings (SSSR count). The van der Waals surface area contributed by atoms with Crippen molar-refractivity contribution in [3.8, 4) is 0 Å². The summed E-state index contributed by atoms with van der Waals surface area (Å²) >= 11 is 0. The van der Waals surface area contributed by atoms with Crippen LogP contribution in [0.3, 0.4) is 0 Å². The Bertz CT molecular complexity index is 651. The fourth-order valence-electron chi connectivity index (χ4n) is 2.61. The van der Waals surface area contributed by atoms with E-state index in [2.05, 4.69) is 73.0 Å². The topological polar surface area (TPSA) is 66.4 Å². The predicted octanol–water partition coefficient (Wildman–Crippen LogP) is 6.69. The summed E-state index contributed by atoms with van der Waals surface area (Å²) in [6.45, 7) is 5.71. The molecule has 0 saturated carbocycles. The number of hydrogen-bond donors (Lipinski definition) is 2. The van der Waals surface area contributed by atoms with Crippen molar-refractivity contribution in [3.05, 3.63) is 72.9 Å². The molecule has 0 saturated heterocycles. The first-order valence-corrected chi connectivity index (χ1v) is 11.4. The Kier molecular flexibility index (Phi) is 18.9. The Morgan fingerprint density at radius 2 is 1.10 bits per heavy atom. The smallest absolute Gasteiger partial charge is 0.326 e. The molecule has 4 heteroatoms. The van der Waals surface area contributed by atoms with E-state index in [4.69, 9.17) is 5.11 Å². The second-order valence-corrected chi connectivity index (χ2v) is 7.58. The van der Waals surface area contributed by atoms with Gasteiger partial charge in [0.2, 0.25) is 5.91 Å². The van der Waals surface area contributed by atoms with Gasteiger partial charge in [0.15, 0.2) is 0 Å². The van der Waals surface area contributed by atoms with Gasteiger partial charge in [-0.2, -0.15) is 0 Å². The molecule has 0 radical (unpaired) electrons. The molecular weight excluding hydrogens is 386 g/mol. The number of amides is 1. The lowest BCUT2D eigenvalue weighted by atomic mass is 10.0. The molecule has 0 aromatic heterocycles. The minimum Gasteiger partial charge on any atom is -0.480 e. The highest BCUT2D eigenvalue weighted by atomic mass is 16.4. The molecule has 1 unspecified atom stereocenters. The Morgan fingerprint density at radius 3 is 1.45 bits per heavy atom. The molecule has 2 N–H and O–H groups in total. The third kappa shape index (κ3) is 19.1. The number of rotatable bonds is 17. The standard InChI is InChI=1S/C27H41NO3/c1-4-5-6-7-8-9-10-11-12-13-14-15-16-17-18-19-20-21-22-23-25(29)28-26(24(2)3)27(30)31/h5-6,8-9,11-12,14-15,17-18,20-21,24,26H,4,7,10,13,16,19,22-23H2,1-3H3,(H,28,29)(H,30,31). The van der Waals surface area contributed by atoms with Crippen molar-refractivity contribution in [2.75, 3.05) is 0 Å². The van der Waals surface area contributed by atoms with Crippen LogP contribution in [0.4, 0.5) is 0 Å². The van der Waals surface area contributed by atoms with Gasteiger partial charge in [0.25, 0.3) is 0 Å². The van der Waals surface area contributed by atoms with Crippen molar-refractivity contribution >= 4 is 11.9 Å². The van der Waals surface area contributed by atoms with Crippen molar-refractivity contribution in [2.45, 2.75) is 78.2 Å². The van der Waals surface area contributed by atoms with E-state index in [9.17, 15) is 9.59 Å². The van der Waals surface area contributed by atoms with Crippen molar-refractivity contribution in [3.63, 3.8) is 0 Å². The maximum absolute atomic E-state index is 11.8. The average molecular weight is 428 g/mol. The first-order valence-electron chi connectivity index (χ1n) is 11.4. The summed E-state index contributed by atoms with van der Waals surface area (Å²) in [7, 11) is 0. The van der Waals surface area contributed by atoms with Crippen LogP contribution in [0.25, 0.3) is 0 Å². The number of hydrogen-bond acceptors (Lipinski definition) is 2. The van der Waals surface area contributed by atoms with Crippen molar-refractivity contribution in [1.82, 2.24) is 5.32 Å². The molecule has 0 heterocycles. The Hall–Kier alpha value is -2.62. The zero-order valence-corrected chi connectivity index (χ0v) is 19.5. The normalized spacial score (nSPS) is 13.8. The van der Waals surface area contributed by atoms with Crippen LogP contribution in [0, 0.1) is 5.92 Å². The molecule has 0 aliphatic heterocycles. The van der Waals surface area contributed by atoms with Crippen molar-refractivity contribution in [2.24, 2.45) is 5.92 Å². The van der Waals surface area contributed by atoms with Crippen LogP contribution in [0.15, 0.2) is 72.9 Å². The molecule has 31 heavy (non-hydrogen) atoms. The van der Waals surface area contributed by atoms with E-state index in [0.717, 1.165) is 38.5 Å². The average Bonchev–Trinajstić information content (AvgIpc) is 2.73. The summed E-state index contributed by atoms with van der Waals surface area (Å²) in [5, 5.41) is 11.6. The van der Waals surface area contributed by atoms with Gasteiger partial charge in [0, 0.05) is 6.42 Å². The molecule has 1 amide bonds. The number of allylic oxidation sites excluding steroid dienone is 12. The van der Waals surface area contributed by atoms with E-state index in [-0.39, 0.29) is 11.8 Å². The molecule has 0 aromatic carbocycles. The van der Waals surface area contributed by atoms with Gasteiger partial charge >= 0.3 is 5.97 Å². The lowest BCUT2D eigenvalue weighted by Gasteiger charge is -2.17. The highest BCUT2D eigenvalue weighted by Gasteiger charge is 2.22. The maximum Gasteiger partial charge on any atom is 0.326 e. The minimum absolute atomic E-state index is 0.132. The number of carboxylic acids is 1. The molecule has 0 aliphatic rings. The lowest BCUT2D eigenvalue weighted by Crippen LogP contribution is -2.44. The van der Waals surface area contributed by atoms with Gasteiger partial charge in [-0.05, 0) is 50.9 Å². The Balaban J connectivity index is 3.76. The first kappa shape index (κ1) is 28.4. The molecule has 1 atom stereocenters. The summed E-state index contributed by atoms with van der Waals surface area (Å²) in [4.78, 5) is 22.9. The molecule has 0 aromatic rings. The molecule has 172 valence electrons. The number of nitrogens with one attached hydrogen (secondary N) is 1. The summed E-state index contributed by atoms with van der Waals surface area (Å²) in [6.07, 6.45) is 32.4. The van der Waals surface area contributed by atoms with Gasteiger partial charge in [0.1, 0.15) is 6.04 Å². The zero-order chi connectivity index (χ0) is 23.2. The molecule has 0 fully saturated rings. The molecular formula is C27H41NO3. The zero-order valence-electron chi connectivity index (χ0n) is 19.5. The van der Waals surface area contributed by atoms with Crippen molar-refractivity contribution < 1.29 is 14.7 Å². The first-order chi connectivity index (χ1) is 15.0. The fourth-order valence-corrected chi connectivity index (χ4v) is 2.61. The summed E-state index contributed by atoms with van der Waals surface area (Å²) in [5.74, 6) is -1.34. The van der Waals surface area contributed by atoms with Gasteiger partial charge in [-0.15, -0.1) is 0 Å². The van der Waals surface area contributed by atoms with Crippen LogP contribution in [0.2, 0.25) is 0 Å². The second kappa shape index (κ2) is 20.6. The molecule has 0 bridgehead atoms. The number of aliphatic carboxylic acids is 1. The van der Waals surface area contributed by atoms with E-state index < -0.39 is 12.0 Å². The molecule has 0 spiro atoms. The van der Waals surface area contributed by atoms with Crippen LogP contribution < -0.4 is 5.32 Å². The maximum atomic E-state index is 11.8. The summed E-state index contributed by atoms with van der Waals surface area (Å²) in [5.41, 5.74) is 0. The third-order valence-electron chi connectivity index (χ3n) is 4.38. The van der Waals surface area contributed by atoms with E-state index in [1.54, 1.807) is 13.8 Å². The Labute approximate surface area is 189 Å². The van der Waals surface area contributed by atoms with Gasteiger partial charge in [0.05, 0.1) is 0 Å². The molecule has 4 nitrogen and oxygen atoms in total. The van der Waals surface area contributed by atoms with E-state index in [1.807, 2.05) is 12.2 Å². The minimum atomic E-state index is -0.989. The van der Waals surface area contributed by atoms with Gasteiger partial charge in [-0.3, -0.25) is 4.79 Å². The molecule has 0 aliphatic carbocycles. The van der Waals surface area contributed by atoms with Crippen LogP contribution in [0.5, 0.6) is 0 Å². The monoisotopic (exact) mass is 427 g/mol. The van der Waals surface area contributed by atoms with Crippen LogP contribution >= 0.6 is 0 Å².